The Morgan fingerprint density at radius 1 is 1.11 bits per heavy atom. The summed E-state index contributed by atoms with van der Waals surface area (Å²) in [6, 6.07) is 16.2. The van der Waals surface area contributed by atoms with Crippen LogP contribution >= 0.6 is 0 Å². The second-order valence-electron chi connectivity index (χ2n) is 4.40. The molecule has 0 aromatic heterocycles. The molecule has 0 radical (unpaired) electrons. The number of benzene rings is 2. The largest absolute Gasteiger partial charge is 0.467 e. The van der Waals surface area contributed by atoms with Crippen molar-refractivity contribution in [2.45, 2.75) is 6.92 Å². The van der Waals surface area contributed by atoms with Gasteiger partial charge in [0.25, 0.3) is 0 Å². The number of rotatable bonds is 5. The van der Waals surface area contributed by atoms with Crippen molar-refractivity contribution in [2.24, 2.45) is 0 Å². The van der Waals surface area contributed by atoms with Gasteiger partial charge in [0, 0.05) is 12.7 Å². The van der Waals surface area contributed by atoms with E-state index < -0.39 is 0 Å². The Hall–Kier alpha value is -2.06. The predicted molar refractivity (Wildman–Crippen MR) is 78.3 cm³/mol. The van der Waals surface area contributed by atoms with Crippen molar-refractivity contribution >= 4 is 5.57 Å². The van der Waals surface area contributed by atoms with Gasteiger partial charge in [-0.3, -0.25) is 0 Å². The summed E-state index contributed by atoms with van der Waals surface area (Å²) in [5, 5.41) is 0. The molecule has 0 amide bonds. The lowest BCUT2D eigenvalue weighted by atomic mass is 9.97. The van der Waals surface area contributed by atoms with Crippen molar-refractivity contribution in [3.8, 4) is 5.75 Å². The van der Waals surface area contributed by atoms with Gasteiger partial charge in [0.05, 0.1) is 0 Å². The minimum atomic E-state index is 0.234. The molecule has 0 aliphatic rings. The molecule has 19 heavy (non-hydrogen) atoms. The molecule has 2 aromatic carbocycles. The van der Waals surface area contributed by atoms with Gasteiger partial charge in [-0.25, -0.2) is 0 Å². The lowest BCUT2D eigenvalue weighted by molar-refractivity contribution is 0.0509. The first-order chi connectivity index (χ1) is 9.22. The normalized spacial score (nSPS) is 10.2. The van der Waals surface area contributed by atoms with Gasteiger partial charge in [-0.05, 0) is 30.2 Å². The van der Waals surface area contributed by atoms with E-state index in [0.29, 0.717) is 0 Å². The number of aryl methyl sites for hydroxylation is 1. The molecule has 0 N–H and O–H groups in total. The van der Waals surface area contributed by atoms with Crippen LogP contribution in [0.5, 0.6) is 5.75 Å². The summed E-state index contributed by atoms with van der Waals surface area (Å²) in [4.78, 5) is 0. The average Bonchev–Trinajstić information content (AvgIpc) is 2.46. The minimum Gasteiger partial charge on any atom is -0.467 e. The van der Waals surface area contributed by atoms with Crippen molar-refractivity contribution in [3.63, 3.8) is 0 Å². The molecule has 0 bridgehead atoms. The summed E-state index contributed by atoms with van der Waals surface area (Å²) >= 11 is 0. The fourth-order valence-electron chi connectivity index (χ4n) is 1.92. The van der Waals surface area contributed by atoms with Crippen molar-refractivity contribution in [1.82, 2.24) is 0 Å². The third-order valence-electron chi connectivity index (χ3n) is 2.91. The molecule has 0 aliphatic carbocycles. The third-order valence-corrected chi connectivity index (χ3v) is 2.91. The average molecular weight is 254 g/mol. The Labute approximate surface area is 114 Å². The maximum absolute atomic E-state index is 5.60. The van der Waals surface area contributed by atoms with Crippen LogP contribution in [-0.4, -0.2) is 13.9 Å². The Morgan fingerprint density at radius 3 is 2.53 bits per heavy atom. The quantitative estimate of drug-likeness (QED) is 0.750. The smallest absolute Gasteiger partial charge is 0.188 e. The van der Waals surface area contributed by atoms with Crippen LogP contribution in [0.2, 0.25) is 0 Å². The molecule has 0 saturated carbocycles. The van der Waals surface area contributed by atoms with Crippen molar-refractivity contribution < 1.29 is 9.47 Å². The van der Waals surface area contributed by atoms with Gasteiger partial charge >= 0.3 is 0 Å². The summed E-state index contributed by atoms with van der Waals surface area (Å²) in [7, 11) is 1.61. The first-order valence-electron chi connectivity index (χ1n) is 6.19. The van der Waals surface area contributed by atoms with Gasteiger partial charge < -0.3 is 9.47 Å². The van der Waals surface area contributed by atoms with E-state index in [1.54, 1.807) is 7.11 Å². The molecular weight excluding hydrogens is 236 g/mol. The summed E-state index contributed by atoms with van der Waals surface area (Å²) in [6.45, 7) is 6.48. The zero-order valence-corrected chi connectivity index (χ0v) is 11.3. The Bertz CT molecular complexity index is 559. The molecule has 2 aromatic rings. The highest BCUT2D eigenvalue weighted by Crippen LogP contribution is 2.30. The molecule has 0 saturated heterocycles. The van der Waals surface area contributed by atoms with Gasteiger partial charge in [-0.1, -0.05) is 48.5 Å². The minimum absolute atomic E-state index is 0.234. The first kappa shape index (κ1) is 13.4. The highest BCUT2D eigenvalue weighted by Gasteiger charge is 2.09. The topological polar surface area (TPSA) is 18.5 Å². The molecule has 0 heterocycles. The van der Waals surface area contributed by atoms with Crippen LogP contribution in [0.4, 0.5) is 0 Å². The SMILES string of the molecule is C=C(c1ccccc1)c1cc(C)ccc1OCOC. The van der Waals surface area contributed by atoms with E-state index >= 15 is 0 Å². The molecule has 2 nitrogen and oxygen atoms in total. The van der Waals surface area contributed by atoms with Crippen LogP contribution in [0.1, 0.15) is 16.7 Å². The fourth-order valence-corrected chi connectivity index (χ4v) is 1.92. The molecule has 2 rings (SSSR count). The lowest BCUT2D eigenvalue weighted by Crippen LogP contribution is -2.02. The first-order valence-corrected chi connectivity index (χ1v) is 6.19. The van der Waals surface area contributed by atoms with Crippen molar-refractivity contribution in [1.29, 1.82) is 0 Å². The van der Waals surface area contributed by atoms with E-state index in [2.05, 4.69) is 19.6 Å². The monoisotopic (exact) mass is 254 g/mol. The van der Waals surface area contributed by atoms with E-state index in [1.807, 2.05) is 42.5 Å². The summed E-state index contributed by atoms with van der Waals surface area (Å²) < 4.78 is 10.6. The Morgan fingerprint density at radius 2 is 1.84 bits per heavy atom. The van der Waals surface area contributed by atoms with Gasteiger partial charge in [-0.2, -0.15) is 0 Å². The molecule has 0 unspecified atom stereocenters. The molecule has 0 atom stereocenters. The van der Waals surface area contributed by atoms with E-state index in [1.165, 1.54) is 5.56 Å². The lowest BCUT2D eigenvalue weighted by Gasteiger charge is -2.14. The maximum atomic E-state index is 5.60. The second-order valence-corrected chi connectivity index (χ2v) is 4.40. The third kappa shape index (κ3) is 3.24. The number of hydrogen-bond acceptors (Lipinski definition) is 2. The summed E-state index contributed by atoms with van der Waals surface area (Å²) in [6.07, 6.45) is 0. The van der Waals surface area contributed by atoms with Crippen molar-refractivity contribution in [3.05, 3.63) is 71.8 Å². The van der Waals surface area contributed by atoms with Crippen molar-refractivity contribution in [2.75, 3.05) is 13.9 Å². The summed E-state index contributed by atoms with van der Waals surface area (Å²) in [5.41, 5.74) is 4.23. The van der Waals surface area contributed by atoms with Gasteiger partial charge in [0.2, 0.25) is 0 Å². The van der Waals surface area contributed by atoms with Crippen LogP contribution in [0.25, 0.3) is 5.57 Å². The standard InChI is InChI=1S/C17H18O2/c1-13-9-10-17(19-12-18-3)16(11-13)14(2)15-7-5-4-6-8-15/h4-11H,2,12H2,1,3H3. The molecule has 0 spiro atoms. The second kappa shape index (κ2) is 6.21. The van der Waals surface area contributed by atoms with E-state index in [4.69, 9.17) is 9.47 Å². The molecule has 98 valence electrons. The van der Waals surface area contributed by atoms with Crippen LogP contribution in [0.15, 0.2) is 55.1 Å². The predicted octanol–water partition coefficient (Wildman–Crippen LogP) is 4.04. The highest BCUT2D eigenvalue weighted by molar-refractivity contribution is 5.81. The zero-order valence-electron chi connectivity index (χ0n) is 11.3. The van der Waals surface area contributed by atoms with E-state index in [0.717, 1.165) is 22.4 Å². The molecule has 2 heteroatoms. The van der Waals surface area contributed by atoms with Crippen LogP contribution in [0.3, 0.4) is 0 Å². The molecule has 0 fully saturated rings. The van der Waals surface area contributed by atoms with Crippen LogP contribution in [-0.2, 0) is 4.74 Å². The number of ether oxygens (including phenoxy) is 2. The molecule has 0 aliphatic heterocycles. The summed E-state index contributed by atoms with van der Waals surface area (Å²) in [5.74, 6) is 0.793. The van der Waals surface area contributed by atoms with Gasteiger partial charge in [-0.15, -0.1) is 0 Å². The zero-order chi connectivity index (χ0) is 13.7. The number of methoxy groups -OCH3 is 1. The Kier molecular flexibility index (Phi) is 4.37. The highest BCUT2D eigenvalue weighted by atomic mass is 16.7. The Balaban J connectivity index is 2.37. The van der Waals surface area contributed by atoms with Gasteiger partial charge in [0.1, 0.15) is 5.75 Å². The van der Waals surface area contributed by atoms with E-state index in [-0.39, 0.29) is 6.79 Å². The fraction of sp³-hybridized carbons (Fsp3) is 0.176. The van der Waals surface area contributed by atoms with Crippen LogP contribution < -0.4 is 4.74 Å². The maximum Gasteiger partial charge on any atom is 0.188 e. The van der Waals surface area contributed by atoms with Gasteiger partial charge in [0.15, 0.2) is 6.79 Å². The number of hydrogen-bond donors (Lipinski definition) is 0. The molecular formula is C17H18O2. The van der Waals surface area contributed by atoms with E-state index in [9.17, 15) is 0 Å². The van der Waals surface area contributed by atoms with Crippen LogP contribution in [0, 0.1) is 6.92 Å².